The van der Waals surface area contributed by atoms with E-state index in [0.717, 1.165) is 0 Å². The van der Waals surface area contributed by atoms with Crippen molar-refractivity contribution in [1.82, 2.24) is 0 Å². The molecule has 2 fully saturated rings. The number of cyclic esters (lactones) is 1. The van der Waals surface area contributed by atoms with Crippen LogP contribution in [-0.4, -0.2) is 70.8 Å². The molecule has 2 N–H and O–H groups in total. The summed E-state index contributed by atoms with van der Waals surface area (Å²) in [6.07, 6.45) is 2.89. The van der Waals surface area contributed by atoms with E-state index in [9.17, 15) is 25.0 Å². The molecule has 2 saturated heterocycles. The maximum absolute atomic E-state index is 12.9. The number of ether oxygens (including phenoxy) is 2. The van der Waals surface area contributed by atoms with Crippen LogP contribution in [0.3, 0.4) is 0 Å². The summed E-state index contributed by atoms with van der Waals surface area (Å²) in [7, 11) is 0. The Kier molecular flexibility index (Phi) is 4.78. The molecule has 142 valence electrons. The number of hydrogen-bond acceptors (Lipinski definition) is 7. The van der Waals surface area contributed by atoms with Gasteiger partial charge in [-0.1, -0.05) is 12.7 Å². The minimum atomic E-state index is -2.33. The van der Waals surface area contributed by atoms with Crippen molar-refractivity contribution >= 4 is 11.9 Å². The molecule has 3 rings (SSSR count). The lowest BCUT2D eigenvalue weighted by Gasteiger charge is -2.40. The average molecular weight is 365 g/mol. The fourth-order valence-corrected chi connectivity index (χ4v) is 3.82. The Morgan fingerprint density at radius 1 is 1.50 bits per heavy atom. The summed E-state index contributed by atoms with van der Waals surface area (Å²) < 4.78 is 10.2. The zero-order valence-electron chi connectivity index (χ0n) is 14.6. The highest BCUT2D eigenvalue weighted by atomic mass is 16.6. The van der Waals surface area contributed by atoms with E-state index < -0.39 is 40.9 Å². The monoisotopic (exact) mass is 365 g/mol. The topological polar surface area (TPSA) is 116 Å². The summed E-state index contributed by atoms with van der Waals surface area (Å²) in [4.78, 5) is 24.9. The molecule has 0 saturated carbocycles. The van der Waals surface area contributed by atoms with E-state index in [1.165, 1.54) is 6.08 Å². The number of carbonyl (C=O) groups is 2. The summed E-state index contributed by atoms with van der Waals surface area (Å²) in [5, 5.41) is 33.0. The van der Waals surface area contributed by atoms with Gasteiger partial charge in [0.2, 0.25) is 5.60 Å². The summed E-state index contributed by atoms with van der Waals surface area (Å²) in [6.45, 7) is 4.67. The van der Waals surface area contributed by atoms with Crippen LogP contribution in [0.1, 0.15) is 19.8 Å². The molecule has 8 heteroatoms. The summed E-state index contributed by atoms with van der Waals surface area (Å²) in [5.74, 6) is -1.67. The molecule has 3 heterocycles. The molecule has 1 unspecified atom stereocenters. The largest absolute Gasteiger partial charge is 0.632 e. The van der Waals surface area contributed by atoms with Crippen LogP contribution in [0.25, 0.3) is 0 Å². The Labute approximate surface area is 151 Å². The van der Waals surface area contributed by atoms with E-state index in [2.05, 4.69) is 6.58 Å². The van der Waals surface area contributed by atoms with Gasteiger partial charge in [0.15, 0.2) is 12.1 Å². The molecule has 0 amide bonds. The van der Waals surface area contributed by atoms with E-state index in [4.69, 9.17) is 9.47 Å². The van der Waals surface area contributed by atoms with E-state index in [1.54, 1.807) is 13.0 Å². The van der Waals surface area contributed by atoms with E-state index >= 15 is 0 Å². The smallest absolute Gasteiger partial charge is 0.345 e. The second-order valence-electron chi connectivity index (χ2n) is 7.00. The van der Waals surface area contributed by atoms with Crippen LogP contribution in [0.5, 0.6) is 0 Å². The number of hydrogen-bond donors (Lipinski definition) is 2. The molecule has 0 aromatic heterocycles. The van der Waals surface area contributed by atoms with Crippen molar-refractivity contribution < 1.29 is 33.9 Å². The fourth-order valence-electron chi connectivity index (χ4n) is 3.82. The van der Waals surface area contributed by atoms with Crippen LogP contribution in [0.4, 0.5) is 0 Å². The number of aliphatic hydroxyl groups excluding tert-OH is 1. The number of esters is 2. The zero-order chi connectivity index (χ0) is 19.1. The molecule has 0 aromatic rings. The number of hydroxylamine groups is 3. The van der Waals surface area contributed by atoms with Crippen molar-refractivity contribution in [2.45, 2.75) is 37.5 Å². The van der Waals surface area contributed by atoms with Crippen LogP contribution in [0.15, 0.2) is 35.5 Å². The number of carbonyl (C=O) groups excluding carboxylic acids is 2. The Balaban J connectivity index is 1.97. The average Bonchev–Trinajstić information content (AvgIpc) is 3.11. The third-order valence-corrected chi connectivity index (χ3v) is 5.49. The van der Waals surface area contributed by atoms with E-state index in [-0.39, 0.29) is 30.7 Å². The van der Waals surface area contributed by atoms with Gasteiger partial charge in [-0.25, -0.2) is 9.59 Å². The highest BCUT2D eigenvalue weighted by Crippen LogP contribution is 2.39. The van der Waals surface area contributed by atoms with Crippen LogP contribution >= 0.6 is 0 Å². The molecule has 0 radical (unpaired) electrons. The number of quaternary nitrogens is 1. The molecule has 0 spiro atoms. The lowest BCUT2D eigenvalue weighted by molar-refractivity contribution is -0.877. The molecule has 8 nitrogen and oxygen atoms in total. The second-order valence-corrected chi connectivity index (χ2v) is 7.00. The first kappa shape index (κ1) is 18.8. The summed E-state index contributed by atoms with van der Waals surface area (Å²) in [5.41, 5.74) is -1.63. The van der Waals surface area contributed by atoms with Crippen molar-refractivity contribution in [2.75, 3.05) is 26.3 Å². The standard InChI is InChI=1S/C18H23NO7/c1-3-12-8-11(2)18(23,10-20)17(22)25-9-13-4-6-19(24)7-5-14(15(13)19)26-16(12)21/h3-4,14-15,20,23H,2,5-10H2,1H3/b12-3-/t14-,15-,18+,19?/m1/s1. The van der Waals surface area contributed by atoms with Crippen molar-refractivity contribution in [2.24, 2.45) is 0 Å². The molecule has 4 atom stereocenters. The van der Waals surface area contributed by atoms with Crippen LogP contribution in [0.2, 0.25) is 0 Å². The third-order valence-electron chi connectivity index (χ3n) is 5.49. The molecular weight excluding hydrogens is 342 g/mol. The molecule has 0 aliphatic carbocycles. The quantitative estimate of drug-likeness (QED) is 0.222. The molecule has 0 bridgehead atoms. The number of rotatable bonds is 1. The minimum Gasteiger partial charge on any atom is -0.632 e. The Morgan fingerprint density at radius 3 is 2.88 bits per heavy atom. The first-order valence-corrected chi connectivity index (χ1v) is 8.56. The van der Waals surface area contributed by atoms with Crippen molar-refractivity contribution in [3.8, 4) is 0 Å². The summed E-state index contributed by atoms with van der Waals surface area (Å²) >= 11 is 0. The molecule has 3 aliphatic heterocycles. The highest BCUT2D eigenvalue weighted by Gasteiger charge is 2.51. The maximum atomic E-state index is 12.9. The number of aliphatic hydroxyl groups is 2. The van der Waals surface area contributed by atoms with Gasteiger partial charge in [-0.15, -0.1) is 0 Å². The van der Waals surface area contributed by atoms with Gasteiger partial charge in [0, 0.05) is 24.0 Å². The fraction of sp³-hybridized carbons (Fsp3) is 0.556. The van der Waals surface area contributed by atoms with Gasteiger partial charge in [-0.2, -0.15) is 0 Å². The number of nitrogens with zero attached hydrogens (tertiary/aromatic N) is 1. The van der Waals surface area contributed by atoms with Gasteiger partial charge in [0.1, 0.15) is 6.61 Å². The van der Waals surface area contributed by atoms with Crippen molar-refractivity contribution in [3.63, 3.8) is 0 Å². The minimum absolute atomic E-state index is 0.0621. The van der Waals surface area contributed by atoms with Gasteiger partial charge >= 0.3 is 11.9 Å². The van der Waals surface area contributed by atoms with Gasteiger partial charge < -0.3 is 29.5 Å². The highest BCUT2D eigenvalue weighted by molar-refractivity contribution is 5.90. The Morgan fingerprint density at radius 2 is 2.23 bits per heavy atom. The van der Waals surface area contributed by atoms with Crippen molar-refractivity contribution in [1.29, 1.82) is 0 Å². The van der Waals surface area contributed by atoms with E-state index in [1.807, 2.05) is 0 Å². The maximum Gasteiger partial charge on any atom is 0.345 e. The Bertz CT molecular complexity index is 712. The summed E-state index contributed by atoms with van der Waals surface area (Å²) in [6, 6.07) is -0.616. The number of allylic oxidation sites excluding steroid dienone is 1. The first-order valence-electron chi connectivity index (χ1n) is 8.56. The van der Waals surface area contributed by atoms with Crippen LogP contribution < -0.4 is 0 Å². The molecule has 0 aromatic carbocycles. The van der Waals surface area contributed by atoms with Gasteiger partial charge in [-0.05, 0) is 18.6 Å². The molecule has 26 heavy (non-hydrogen) atoms. The third kappa shape index (κ3) is 2.88. The SMILES string of the molecule is C=C1C/C(=C/C)C(=O)O[C@@H]2CC[N+]3([O-])CC=C(COC(=O)[C@]1(O)CO)[C@H]23. The van der Waals surface area contributed by atoms with Gasteiger partial charge in [-0.3, -0.25) is 0 Å². The first-order chi connectivity index (χ1) is 12.2. The lowest BCUT2D eigenvalue weighted by Crippen LogP contribution is -2.49. The molecule has 3 aliphatic rings. The van der Waals surface area contributed by atoms with Gasteiger partial charge in [0.25, 0.3) is 0 Å². The Hall–Kier alpha value is -2.00. The predicted molar refractivity (Wildman–Crippen MR) is 90.2 cm³/mol. The lowest BCUT2D eigenvalue weighted by atomic mass is 9.90. The second kappa shape index (κ2) is 6.62. The van der Waals surface area contributed by atoms with Crippen molar-refractivity contribution in [3.05, 3.63) is 40.7 Å². The van der Waals surface area contributed by atoms with Gasteiger partial charge in [0.05, 0.1) is 19.7 Å². The normalized spacial score (nSPS) is 39.6. The van der Waals surface area contributed by atoms with Crippen LogP contribution in [-0.2, 0) is 19.1 Å². The van der Waals surface area contributed by atoms with E-state index in [0.29, 0.717) is 18.5 Å². The predicted octanol–water partition coefficient (Wildman–Crippen LogP) is 0.0979. The molecular formula is C18H23NO7. The zero-order valence-corrected chi connectivity index (χ0v) is 14.6. The van der Waals surface area contributed by atoms with Crippen LogP contribution in [0, 0.1) is 5.21 Å².